The molecule has 2 aromatic rings. The van der Waals surface area contributed by atoms with Crippen molar-refractivity contribution < 1.29 is 14.5 Å². The molecule has 198 valence electrons. The lowest BCUT2D eigenvalue weighted by Crippen LogP contribution is -2.34. The number of benzene rings is 2. The van der Waals surface area contributed by atoms with Crippen LogP contribution in [0.3, 0.4) is 0 Å². The van der Waals surface area contributed by atoms with Gasteiger partial charge in [-0.25, -0.2) is 0 Å². The standard InChI is InChI=1S/C32H34Cl2N2O2/c1-17(2)35-25-11-9-19(33)13-23(25)31(5,6)27(35)15-21-29(37)22(30(21)38)16-28-32(7,8)24-14-20(34)10-12-26(24)36(28)18(3)4/h9-18H,1-8H3/p+1. The van der Waals surface area contributed by atoms with E-state index in [-0.39, 0.29) is 34.5 Å². The van der Waals surface area contributed by atoms with Crippen molar-refractivity contribution in [2.45, 2.75) is 78.3 Å². The molecule has 0 saturated carbocycles. The molecule has 2 aromatic carbocycles. The maximum atomic E-state index is 13.6. The Morgan fingerprint density at radius 1 is 0.895 bits per heavy atom. The molecule has 0 atom stereocenters. The molecule has 38 heavy (non-hydrogen) atoms. The van der Waals surface area contributed by atoms with Crippen LogP contribution >= 0.6 is 23.2 Å². The molecular weight excluding hydrogens is 515 g/mol. The van der Waals surface area contributed by atoms with E-state index in [9.17, 15) is 9.90 Å². The highest BCUT2D eigenvalue weighted by atomic mass is 35.5. The van der Waals surface area contributed by atoms with Crippen molar-refractivity contribution in [2.24, 2.45) is 0 Å². The highest BCUT2D eigenvalue weighted by Crippen LogP contribution is 2.51. The summed E-state index contributed by atoms with van der Waals surface area (Å²) < 4.78 is 2.23. The van der Waals surface area contributed by atoms with Crippen LogP contribution < -0.4 is 4.90 Å². The highest BCUT2D eigenvalue weighted by molar-refractivity contribution is 6.31. The predicted octanol–water partition coefficient (Wildman–Crippen LogP) is 8.19. The Bertz CT molecular complexity index is 1520. The number of hydrogen-bond acceptors (Lipinski definition) is 3. The Morgan fingerprint density at radius 2 is 1.50 bits per heavy atom. The second kappa shape index (κ2) is 8.86. The summed E-state index contributed by atoms with van der Waals surface area (Å²) in [5.41, 5.74) is 6.25. The molecule has 0 fully saturated rings. The number of carbonyl (C=O) groups excluding carboxylic acids is 1. The molecule has 1 N–H and O–H groups in total. The van der Waals surface area contributed by atoms with Crippen molar-refractivity contribution in [3.05, 3.63) is 92.3 Å². The summed E-state index contributed by atoms with van der Waals surface area (Å²) in [7, 11) is 0. The minimum absolute atomic E-state index is 0.0389. The number of nitrogens with zero attached hydrogens (tertiary/aromatic N) is 2. The third kappa shape index (κ3) is 3.79. The van der Waals surface area contributed by atoms with E-state index in [1.807, 2.05) is 48.6 Å². The molecule has 0 saturated heterocycles. The van der Waals surface area contributed by atoms with Gasteiger partial charge < -0.3 is 10.0 Å². The molecule has 0 amide bonds. The summed E-state index contributed by atoms with van der Waals surface area (Å²) in [5.74, 6) is -0.110. The van der Waals surface area contributed by atoms with Crippen molar-refractivity contribution in [1.82, 2.24) is 0 Å². The zero-order valence-electron chi connectivity index (χ0n) is 23.3. The Hall–Kier alpha value is -2.82. The largest absolute Gasteiger partial charge is 0.506 e. The number of halogens is 2. The molecule has 0 aromatic heterocycles. The second-order valence-corrected chi connectivity index (χ2v) is 12.9. The van der Waals surface area contributed by atoms with Gasteiger partial charge in [0.2, 0.25) is 11.5 Å². The van der Waals surface area contributed by atoms with Crippen LogP contribution in [-0.2, 0) is 15.6 Å². The van der Waals surface area contributed by atoms with Gasteiger partial charge in [-0.3, -0.25) is 4.79 Å². The molecule has 3 aliphatic rings. The third-order valence-corrected chi connectivity index (χ3v) is 8.65. The fourth-order valence-electron chi connectivity index (χ4n) is 6.17. The zero-order valence-corrected chi connectivity index (χ0v) is 24.8. The lowest BCUT2D eigenvalue weighted by Gasteiger charge is -2.31. The van der Waals surface area contributed by atoms with E-state index in [4.69, 9.17) is 23.2 Å². The summed E-state index contributed by atoms with van der Waals surface area (Å²) >= 11 is 12.7. The van der Waals surface area contributed by atoms with E-state index in [0.717, 1.165) is 33.9 Å². The molecule has 6 heteroatoms. The number of rotatable bonds is 4. The Kier molecular flexibility index (Phi) is 6.24. The van der Waals surface area contributed by atoms with E-state index in [1.54, 1.807) is 0 Å². The van der Waals surface area contributed by atoms with Crippen molar-refractivity contribution in [3.8, 4) is 0 Å². The monoisotopic (exact) mass is 549 g/mol. The average molecular weight is 551 g/mol. The first kappa shape index (κ1) is 26.8. The maximum absolute atomic E-state index is 13.6. The first-order chi connectivity index (χ1) is 17.7. The van der Waals surface area contributed by atoms with Crippen LogP contribution in [0.1, 0.15) is 66.5 Å². The SMILES string of the molecule is CC(C)N1C(=CC2=C(O)C(=CC3=[N+](C(C)C)c4ccc(Cl)cc4C3(C)C)C2=O)C(C)(C)c2cc(Cl)ccc21. The second-order valence-electron chi connectivity index (χ2n) is 12.1. The van der Waals surface area contributed by atoms with Gasteiger partial charge >= 0.3 is 0 Å². The third-order valence-electron chi connectivity index (χ3n) is 8.18. The number of Topliss-reactive ketones (excluding diaryl/α,β-unsaturated/α-hetero) is 1. The summed E-state index contributed by atoms with van der Waals surface area (Å²) in [4.78, 5) is 15.8. The van der Waals surface area contributed by atoms with Crippen LogP contribution in [0.2, 0.25) is 10.0 Å². The van der Waals surface area contributed by atoms with E-state index >= 15 is 0 Å². The van der Waals surface area contributed by atoms with Gasteiger partial charge in [0, 0.05) is 50.6 Å². The minimum Gasteiger partial charge on any atom is -0.506 e. The number of ketones is 1. The number of allylic oxidation sites excluding steroid dienone is 5. The highest BCUT2D eigenvalue weighted by Gasteiger charge is 2.48. The van der Waals surface area contributed by atoms with Crippen molar-refractivity contribution in [1.29, 1.82) is 0 Å². The van der Waals surface area contributed by atoms with Gasteiger partial charge in [0.25, 0.3) is 0 Å². The van der Waals surface area contributed by atoms with E-state index in [1.165, 1.54) is 0 Å². The van der Waals surface area contributed by atoms with Crippen LogP contribution in [0.4, 0.5) is 11.4 Å². The number of aliphatic hydroxyl groups is 1. The van der Waals surface area contributed by atoms with Gasteiger partial charge in [0.1, 0.15) is 5.76 Å². The first-order valence-electron chi connectivity index (χ1n) is 13.2. The molecule has 0 unspecified atom stereocenters. The Morgan fingerprint density at radius 3 is 2.08 bits per heavy atom. The molecular formula is C32H35Cl2N2O2+. The van der Waals surface area contributed by atoms with Crippen molar-refractivity contribution >= 4 is 46.1 Å². The average Bonchev–Trinajstić information content (AvgIpc) is 3.19. The number of anilines is 1. The smallest absolute Gasteiger partial charge is 0.210 e. The molecule has 4 nitrogen and oxygen atoms in total. The number of fused-ring (bicyclic) bond motifs is 2. The minimum atomic E-state index is -0.380. The molecule has 0 spiro atoms. The predicted molar refractivity (Wildman–Crippen MR) is 157 cm³/mol. The lowest BCUT2D eigenvalue weighted by atomic mass is 9.77. The quantitative estimate of drug-likeness (QED) is 0.308. The number of carbonyl (C=O) groups is 1. The van der Waals surface area contributed by atoms with Crippen LogP contribution in [0.25, 0.3) is 0 Å². The lowest BCUT2D eigenvalue weighted by molar-refractivity contribution is -0.472. The number of hydrogen-bond donors (Lipinski definition) is 1. The van der Waals surface area contributed by atoms with Gasteiger partial charge in [-0.2, -0.15) is 4.58 Å². The molecule has 2 heterocycles. The topological polar surface area (TPSA) is 43.5 Å². The van der Waals surface area contributed by atoms with Crippen LogP contribution in [0.5, 0.6) is 0 Å². The fourth-order valence-corrected chi connectivity index (χ4v) is 6.52. The van der Waals surface area contributed by atoms with Crippen LogP contribution in [-0.4, -0.2) is 33.3 Å². The summed E-state index contributed by atoms with van der Waals surface area (Å²) in [6.07, 6.45) is 3.73. The van der Waals surface area contributed by atoms with Gasteiger partial charge in [-0.1, -0.05) is 37.0 Å². The molecule has 1 aliphatic carbocycles. The number of aliphatic hydroxyl groups excluding tert-OH is 1. The van der Waals surface area contributed by atoms with Crippen molar-refractivity contribution in [2.75, 3.05) is 4.90 Å². The van der Waals surface area contributed by atoms with E-state index in [2.05, 4.69) is 64.9 Å². The van der Waals surface area contributed by atoms with Gasteiger partial charge in [-0.15, -0.1) is 0 Å². The Balaban J connectivity index is 1.62. The zero-order chi connectivity index (χ0) is 27.9. The normalized spacial score (nSPS) is 21.8. The van der Waals surface area contributed by atoms with Crippen LogP contribution in [0.15, 0.2) is 71.2 Å². The molecule has 0 radical (unpaired) electrons. The van der Waals surface area contributed by atoms with Crippen LogP contribution in [0, 0.1) is 0 Å². The molecule has 2 aliphatic heterocycles. The van der Waals surface area contributed by atoms with Gasteiger partial charge in [-0.05, 0) is 83.5 Å². The summed E-state index contributed by atoms with van der Waals surface area (Å²) in [6, 6.07) is 12.2. The van der Waals surface area contributed by atoms with Gasteiger partial charge in [0.05, 0.1) is 16.6 Å². The Labute approximate surface area is 235 Å². The fraction of sp³-hybridized carbons (Fsp3) is 0.375. The summed E-state index contributed by atoms with van der Waals surface area (Å²) in [5, 5.41) is 12.6. The first-order valence-corrected chi connectivity index (χ1v) is 13.9. The van der Waals surface area contributed by atoms with E-state index in [0.29, 0.717) is 21.2 Å². The summed E-state index contributed by atoms with van der Waals surface area (Å²) in [6.45, 7) is 17.0. The van der Waals surface area contributed by atoms with E-state index < -0.39 is 0 Å². The maximum Gasteiger partial charge on any atom is 0.210 e. The molecule has 0 bridgehead atoms. The van der Waals surface area contributed by atoms with Gasteiger partial charge in [0.15, 0.2) is 11.8 Å². The van der Waals surface area contributed by atoms with Crippen molar-refractivity contribution in [3.63, 3.8) is 0 Å². The molecule has 5 rings (SSSR count).